The van der Waals surface area contributed by atoms with Gasteiger partial charge < -0.3 is 9.13 Å². The van der Waals surface area contributed by atoms with Crippen molar-refractivity contribution in [3.8, 4) is 28.5 Å². The standard InChI is InChI=1S/C58H37N5S/c1-2-15-35(16-3-1)61-47-25-10-7-20-39(47)44-31-34(29-30-50(44)61)54-57(59-55-43-22-9-13-28-53(43)64-58(55)60-54)63-49-27-12-8-21-40(49)45-32-51-46(33-52(45)63)42-24-14-23-41-37-18-5-4-17-36(37)38-19-6-11-26-48(38)62(51)56(41)42/h1-4,6-17,19-33,43,53H,5,18H2. The highest BCUT2D eigenvalue weighted by Crippen LogP contribution is 2.51. The van der Waals surface area contributed by atoms with Gasteiger partial charge in [-0.15, -0.1) is 0 Å². The molecule has 11 aromatic rings. The Labute approximate surface area is 372 Å². The van der Waals surface area contributed by atoms with Crippen molar-refractivity contribution in [1.82, 2.24) is 23.7 Å². The van der Waals surface area contributed by atoms with Crippen molar-refractivity contribution in [3.05, 3.63) is 205 Å². The van der Waals surface area contributed by atoms with Crippen molar-refractivity contribution in [2.45, 2.75) is 29.0 Å². The van der Waals surface area contributed by atoms with E-state index in [-0.39, 0.29) is 11.2 Å². The van der Waals surface area contributed by atoms with Crippen LogP contribution in [0.25, 0.3) is 105 Å². The Morgan fingerprint density at radius 2 is 1.22 bits per heavy atom. The largest absolute Gasteiger partial charge is 0.309 e. The van der Waals surface area contributed by atoms with E-state index in [1.54, 1.807) is 0 Å². The van der Waals surface area contributed by atoms with Crippen LogP contribution < -0.4 is 0 Å². The van der Waals surface area contributed by atoms with Gasteiger partial charge in [-0.2, -0.15) is 0 Å². The molecule has 0 fully saturated rings. The number of para-hydroxylation sites is 5. The molecule has 0 amide bonds. The zero-order valence-corrected chi connectivity index (χ0v) is 35.4. The molecule has 15 rings (SSSR count). The second kappa shape index (κ2) is 12.9. The number of allylic oxidation sites excluding steroid dienone is 7. The molecule has 0 radical (unpaired) electrons. The minimum absolute atomic E-state index is 0.160. The summed E-state index contributed by atoms with van der Waals surface area (Å²) in [5.41, 5.74) is 17.9. The summed E-state index contributed by atoms with van der Waals surface area (Å²) in [5, 5.41) is 8.58. The second-order valence-corrected chi connectivity index (χ2v) is 18.7. The minimum Gasteiger partial charge on any atom is -0.309 e. The Balaban J connectivity index is 1.04. The molecule has 300 valence electrons. The molecule has 2 atom stereocenters. The Morgan fingerprint density at radius 1 is 0.531 bits per heavy atom. The van der Waals surface area contributed by atoms with Gasteiger partial charge in [0.15, 0.2) is 5.82 Å². The molecule has 5 nitrogen and oxygen atoms in total. The van der Waals surface area contributed by atoms with Gasteiger partial charge in [0.05, 0.1) is 44.5 Å². The van der Waals surface area contributed by atoms with Gasteiger partial charge >= 0.3 is 0 Å². The first-order valence-electron chi connectivity index (χ1n) is 22.3. The maximum absolute atomic E-state index is 5.80. The normalized spacial score (nSPS) is 17.2. The Kier molecular flexibility index (Phi) is 7.05. The summed E-state index contributed by atoms with van der Waals surface area (Å²) in [5.74, 6) is 1.02. The molecule has 0 bridgehead atoms. The van der Waals surface area contributed by atoms with E-state index < -0.39 is 0 Å². The van der Waals surface area contributed by atoms with Crippen LogP contribution in [0.5, 0.6) is 0 Å². The van der Waals surface area contributed by atoms with Gasteiger partial charge in [-0.25, -0.2) is 9.97 Å². The van der Waals surface area contributed by atoms with Crippen LogP contribution in [0.3, 0.4) is 0 Å². The van der Waals surface area contributed by atoms with E-state index in [4.69, 9.17) is 9.97 Å². The molecule has 2 unspecified atom stereocenters. The van der Waals surface area contributed by atoms with Crippen molar-refractivity contribution in [2.24, 2.45) is 0 Å². The second-order valence-electron chi connectivity index (χ2n) is 17.5. The predicted octanol–water partition coefficient (Wildman–Crippen LogP) is 14.7. The van der Waals surface area contributed by atoms with E-state index in [2.05, 4.69) is 202 Å². The van der Waals surface area contributed by atoms with Gasteiger partial charge in [0, 0.05) is 65.9 Å². The molecule has 2 aliphatic carbocycles. The van der Waals surface area contributed by atoms with E-state index in [9.17, 15) is 0 Å². The van der Waals surface area contributed by atoms with Crippen molar-refractivity contribution < 1.29 is 0 Å². The van der Waals surface area contributed by atoms with Gasteiger partial charge in [0.25, 0.3) is 0 Å². The number of rotatable bonds is 3. The Bertz CT molecular complexity index is 4000. The molecular weight excluding hydrogens is 799 g/mol. The van der Waals surface area contributed by atoms with Crippen molar-refractivity contribution in [1.29, 1.82) is 0 Å². The van der Waals surface area contributed by atoms with Crippen LogP contribution in [0.4, 0.5) is 0 Å². The summed E-state index contributed by atoms with van der Waals surface area (Å²) in [6, 6.07) is 56.0. The lowest BCUT2D eigenvalue weighted by Gasteiger charge is -2.17. The zero-order chi connectivity index (χ0) is 41.6. The summed E-state index contributed by atoms with van der Waals surface area (Å²) in [7, 11) is 0. The highest BCUT2D eigenvalue weighted by molar-refractivity contribution is 8.00. The number of hydrogen-bond acceptors (Lipinski definition) is 3. The lowest BCUT2D eigenvalue weighted by molar-refractivity contribution is 0.806. The third-order valence-corrected chi connectivity index (χ3v) is 15.4. The highest BCUT2D eigenvalue weighted by Gasteiger charge is 2.36. The number of aromatic nitrogens is 5. The molecule has 4 aromatic heterocycles. The summed E-state index contributed by atoms with van der Waals surface area (Å²) < 4.78 is 7.35. The first-order valence-corrected chi connectivity index (χ1v) is 23.2. The van der Waals surface area contributed by atoms with Crippen LogP contribution in [0.2, 0.25) is 0 Å². The molecule has 2 aliphatic heterocycles. The van der Waals surface area contributed by atoms with Gasteiger partial charge in [-0.05, 0) is 78.6 Å². The van der Waals surface area contributed by atoms with E-state index in [0.29, 0.717) is 0 Å². The molecule has 0 saturated carbocycles. The monoisotopic (exact) mass is 835 g/mol. The number of nitrogens with zero attached hydrogens (tertiary/aromatic N) is 5. The third-order valence-electron chi connectivity index (χ3n) is 14.2. The highest BCUT2D eigenvalue weighted by atomic mass is 32.2. The first-order chi connectivity index (χ1) is 31.8. The number of thioether (sulfide) groups is 1. The van der Waals surface area contributed by atoms with E-state index >= 15 is 0 Å². The average Bonchev–Trinajstić information content (AvgIpc) is 4.06. The van der Waals surface area contributed by atoms with Crippen molar-refractivity contribution >= 4 is 88.3 Å². The first kappa shape index (κ1) is 34.9. The van der Waals surface area contributed by atoms with Crippen molar-refractivity contribution in [2.75, 3.05) is 0 Å². The maximum Gasteiger partial charge on any atom is 0.164 e. The summed E-state index contributed by atoms with van der Waals surface area (Å²) in [6.07, 6.45) is 15.7. The summed E-state index contributed by atoms with van der Waals surface area (Å²) in [4.78, 5) is 11.5. The van der Waals surface area contributed by atoms with Gasteiger partial charge in [-0.1, -0.05) is 145 Å². The Hall–Kier alpha value is -7.67. The van der Waals surface area contributed by atoms with Crippen LogP contribution in [0.15, 0.2) is 193 Å². The SMILES string of the molecule is C1=CC2Sc3nc(-c4ccc5c(c4)c4ccccc4n5-c4ccccc4)c(-n4c5ccccc5c5cc6c(cc54)c4cccc5c4n6-c4ccccc4C4=C5CCC=C4)nc3C2C=C1. The molecule has 4 aliphatic rings. The van der Waals surface area contributed by atoms with Crippen LogP contribution >= 0.6 is 11.8 Å². The minimum atomic E-state index is 0.160. The zero-order valence-electron chi connectivity index (χ0n) is 34.6. The molecule has 6 heteroatoms. The number of fused-ring (bicyclic) bond motifs is 16. The molecular formula is C58H37N5S. The van der Waals surface area contributed by atoms with Crippen LogP contribution in [-0.2, 0) is 0 Å². The van der Waals surface area contributed by atoms with E-state index in [1.807, 2.05) is 11.8 Å². The number of hydrogen-bond donors (Lipinski definition) is 0. The quantitative estimate of drug-likeness (QED) is 0.178. The predicted molar refractivity (Wildman–Crippen MR) is 266 cm³/mol. The third kappa shape index (κ3) is 4.65. The molecule has 6 heterocycles. The lowest BCUT2D eigenvalue weighted by atomic mass is 9.87. The molecule has 0 spiro atoms. The van der Waals surface area contributed by atoms with E-state index in [1.165, 1.54) is 82.3 Å². The van der Waals surface area contributed by atoms with Crippen LogP contribution in [0.1, 0.15) is 35.6 Å². The number of benzene rings is 7. The fraction of sp³-hybridized carbons (Fsp3) is 0.0690. The topological polar surface area (TPSA) is 40.6 Å². The van der Waals surface area contributed by atoms with E-state index in [0.717, 1.165) is 57.4 Å². The van der Waals surface area contributed by atoms with Gasteiger partial charge in [0.2, 0.25) is 0 Å². The summed E-state index contributed by atoms with van der Waals surface area (Å²) >= 11 is 1.83. The fourth-order valence-electron chi connectivity index (χ4n) is 11.5. The van der Waals surface area contributed by atoms with Gasteiger partial charge in [-0.3, -0.25) is 4.57 Å². The summed E-state index contributed by atoms with van der Waals surface area (Å²) in [6.45, 7) is 0. The molecule has 64 heavy (non-hydrogen) atoms. The van der Waals surface area contributed by atoms with Crippen molar-refractivity contribution in [3.63, 3.8) is 0 Å². The Morgan fingerprint density at radius 3 is 2.09 bits per heavy atom. The lowest BCUT2D eigenvalue weighted by Crippen LogP contribution is -2.11. The van der Waals surface area contributed by atoms with Crippen LogP contribution in [-0.4, -0.2) is 28.9 Å². The molecule has 0 saturated heterocycles. The fourth-order valence-corrected chi connectivity index (χ4v) is 12.7. The molecule has 0 N–H and O–H groups in total. The average molecular weight is 836 g/mol. The van der Waals surface area contributed by atoms with Crippen LogP contribution in [0, 0.1) is 0 Å². The smallest absolute Gasteiger partial charge is 0.164 e. The van der Waals surface area contributed by atoms with Gasteiger partial charge in [0.1, 0.15) is 10.7 Å². The molecule has 7 aromatic carbocycles. The maximum atomic E-state index is 5.80.